The summed E-state index contributed by atoms with van der Waals surface area (Å²) in [5.41, 5.74) is 1.69. The molecule has 1 rings (SSSR count). The Morgan fingerprint density at radius 1 is 1.90 bits per heavy atom. The average molecular weight is 155 g/mol. The number of nitrogens with zero attached hydrogens (tertiary/aromatic N) is 2. The molecule has 0 spiro atoms. The largest absolute Gasteiger partial charge is 0.354 e. The van der Waals surface area contributed by atoms with E-state index in [4.69, 9.17) is 0 Å². The van der Waals surface area contributed by atoms with Crippen LogP contribution in [0.1, 0.15) is 6.92 Å². The van der Waals surface area contributed by atoms with Gasteiger partial charge in [-0.3, -0.25) is 0 Å². The molecule has 4 heteroatoms. The van der Waals surface area contributed by atoms with Crippen LogP contribution >= 0.6 is 11.3 Å². The van der Waals surface area contributed by atoms with Crippen molar-refractivity contribution in [1.82, 2.24) is 10.2 Å². The van der Waals surface area contributed by atoms with Gasteiger partial charge in [-0.25, -0.2) is 0 Å². The summed E-state index contributed by atoms with van der Waals surface area (Å²) in [6, 6.07) is 0.257. The molecule has 1 atom stereocenters. The van der Waals surface area contributed by atoms with Crippen LogP contribution in [0, 0.1) is 0 Å². The second-order valence-corrected chi connectivity index (χ2v) is 2.75. The fourth-order valence-corrected chi connectivity index (χ4v) is 1.03. The number of hydrogen-bond acceptors (Lipinski definition) is 4. The molecule has 1 aromatic rings. The maximum absolute atomic E-state index is 3.81. The molecule has 0 bridgehead atoms. The first-order valence-corrected chi connectivity index (χ1v) is 3.86. The number of hydrogen-bond donors (Lipinski definition) is 1. The number of nitrogens with one attached hydrogen (secondary N) is 1. The van der Waals surface area contributed by atoms with Gasteiger partial charge in [-0.2, -0.15) is 0 Å². The number of aromatic nitrogens is 2. The summed E-state index contributed by atoms with van der Waals surface area (Å²) in [5.74, 6) is 0. The van der Waals surface area contributed by atoms with E-state index in [9.17, 15) is 0 Å². The molecule has 0 saturated heterocycles. The highest BCUT2D eigenvalue weighted by Gasteiger charge is 1.97. The van der Waals surface area contributed by atoms with Gasteiger partial charge in [-0.1, -0.05) is 17.4 Å². The monoisotopic (exact) mass is 155 g/mol. The van der Waals surface area contributed by atoms with E-state index in [2.05, 4.69) is 22.1 Å². The maximum atomic E-state index is 3.81. The minimum absolute atomic E-state index is 0.257. The van der Waals surface area contributed by atoms with Crippen molar-refractivity contribution in [3.63, 3.8) is 0 Å². The molecular weight excluding hydrogens is 146 g/mol. The second kappa shape index (κ2) is 3.31. The molecule has 54 valence electrons. The molecule has 3 nitrogen and oxygen atoms in total. The van der Waals surface area contributed by atoms with Crippen molar-refractivity contribution in [1.29, 1.82) is 0 Å². The topological polar surface area (TPSA) is 37.8 Å². The van der Waals surface area contributed by atoms with E-state index in [1.165, 1.54) is 11.3 Å². The van der Waals surface area contributed by atoms with E-state index in [0.29, 0.717) is 0 Å². The van der Waals surface area contributed by atoms with E-state index in [0.717, 1.165) is 5.13 Å². The fourth-order valence-electron chi connectivity index (χ4n) is 0.490. The smallest absolute Gasteiger partial charge is 0.205 e. The van der Waals surface area contributed by atoms with Gasteiger partial charge in [0.2, 0.25) is 5.13 Å². The van der Waals surface area contributed by atoms with Crippen LogP contribution < -0.4 is 5.32 Å². The molecular formula is C6H9N3S. The molecule has 0 amide bonds. The Morgan fingerprint density at radius 2 is 2.70 bits per heavy atom. The maximum Gasteiger partial charge on any atom is 0.205 e. The third-order valence-corrected chi connectivity index (χ3v) is 1.69. The minimum Gasteiger partial charge on any atom is -0.354 e. The van der Waals surface area contributed by atoms with Gasteiger partial charge < -0.3 is 5.32 Å². The summed E-state index contributed by atoms with van der Waals surface area (Å²) in [6.45, 7) is 5.64. The lowest BCUT2D eigenvalue weighted by Crippen LogP contribution is -2.10. The summed E-state index contributed by atoms with van der Waals surface area (Å²) < 4.78 is 0. The Morgan fingerprint density at radius 3 is 3.20 bits per heavy atom. The van der Waals surface area contributed by atoms with Gasteiger partial charge in [-0.15, -0.1) is 16.8 Å². The van der Waals surface area contributed by atoms with Crippen LogP contribution in [0.2, 0.25) is 0 Å². The molecule has 0 aliphatic heterocycles. The highest BCUT2D eigenvalue weighted by Crippen LogP contribution is 2.09. The zero-order valence-electron chi connectivity index (χ0n) is 5.74. The highest BCUT2D eigenvalue weighted by molar-refractivity contribution is 7.13. The Kier molecular flexibility index (Phi) is 2.39. The van der Waals surface area contributed by atoms with Gasteiger partial charge in [0.25, 0.3) is 0 Å². The lowest BCUT2D eigenvalue weighted by atomic mass is 10.3. The van der Waals surface area contributed by atoms with E-state index < -0.39 is 0 Å². The molecule has 1 heterocycles. The number of anilines is 1. The minimum atomic E-state index is 0.257. The molecule has 0 fully saturated rings. The fraction of sp³-hybridized carbons (Fsp3) is 0.333. The Bertz CT molecular complexity index is 195. The first-order chi connectivity index (χ1) is 4.83. The first kappa shape index (κ1) is 7.21. The third-order valence-electron chi connectivity index (χ3n) is 1.06. The average Bonchev–Trinajstić information content (AvgIpc) is 2.40. The summed E-state index contributed by atoms with van der Waals surface area (Å²) in [7, 11) is 0. The van der Waals surface area contributed by atoms with E-state index >= 15 is 0 Å². The predicted molar refractivity (Wildman–Crippen MR) is 43.2 cm³/mol. The molecule has 0 aliphatic rings. The quantitative estimate of drug-likeness (QED) is 0.672. The van der Waals surface area contributed by atoms with Crippen molar-refractivity contribution in [3.8, 4) is 0 Å². The van der Waals surface area contributed by atoms with Crippen molar-refractivity contribution >= 4 is 16.5 Å². The molecule has 0 aromatic carbocycles. The summed E-state index contributed by atoms with van der Waals surface area (Å²) in [6.07, 6.45) is 1.82. The van der Waals surface area contributed by atoms with Gasteiger partial charge in [-0.05, 0) is 6.92 Å². The number of rotatable bonds is 3. The normalized spacial score (nSPS) is 12.5. The van der Waals surface area contributed by atoms with E-state index in [1.807, 2.05) is 13.0 Å². The van der Waals surface area contributed by atoms with Crippen LogP contribution in [0.5, 0.6) is 0 Å². The third kappa shape index (κ3) is 1.80. The van der Waals surface area contributed by atoms with Crippen molar-refractivity contribution in [2.24, 2.45) is 0 Å². The van der Waals surface area contributed by atoms with E-state index in [-0.39, 0.29) is 6.04 Å². The highest BCUT2D eigenvalue weighted by atomic mass is 32.1. The van der Waals surface area contributed by atoms with Gasteiger partial charge in [0.15, 0.2) is 0 Å². The Balaban J connectivity index is 2.47. The summed E-state index contributed by atoms with van der Waals surface area (Å²) in [4.78, 5) is 0. The summed E-state index contributed by atoms with van der Waals surface area (Å²) in [5, 5.41) is 11.4. The Hall–Kier alpha value is -0.900. The first-order valence-electron chi connectivity index (χ1n) is 2.98. The molecule has 10 heavy (non-hydrogen) atoms. The van der Waals surface area contributed by atoms with Crippen molar-refractivity contribution < 1.29 is 0 Å². The van der Waals surface area contributed by atoms with Crippen molar-refractivity contribution in [3.05, 3.63) is 18.2 Å². The van der Waals surface area contributed by atoms with Crippen LogP contribution in [-0.4, -0.2) is 16.2 Å². The van der Waals surface area contributed by atoms with Crippen LogP contribution in [0.25, 0.3) is 0 Å². The molecule has 0 aliphatic carbocycles. The van der Waals surface area contributed by atoms with Gasteiger partial charge in [0.05, 0.1) is 0 Å². The molecule has 1 unspecified atom stereocenters. The van der Waals surface area contributed by atoms with Crippen LogP contribution in [0.4, 0.5) is 5.13 Å². The molecule has 1 N–H and O–H groups in total. The van der Waals surface area contributed by atoms with Crippen LogP contribution in [-0.2, 0) is 0 Å². The van der Waals surface area contributed by atoms with Gasteiger partial charge in [0.1, 0.15) is 5.51 Å². The molecule has 0 saturated carbocycles. The van der Waals surface area contributed by atoms with Crippen molar-refractivity contribution in [2.75, 3.05) is 5.32 Å². The standard InChI is InChI=1S/C6H9N3S/c1-3-5(2)8-6-9-7-4-10-6/h3-5H,1H2,2H3,(H,8,9). The zero-order valence-corrected chi connectivity index (χ0v) is 6.56. The zero-order chi connectivity index (χ0) is 7.40. The SMILES string of the molecule is C=CC(C)Nc1nncs1. The van der Waals surface area contributed by atoms with Crippen LogP contribution in [0.15, 0.2) is 18.2 Å². The second-order valence-electron chi connectivity index (χ2n) is 1.91. The summed E-state index contributed by atoms with van der Waals surface area (Å²) >= 11 is 1.49. The Labute approximate surface area is 63.8 Å². The lowest BCUT2D eigenvalue weighted by Gasteiger charge is -2.04. The van der Waals surface area contributed by atoms with Gasteiger partial charge >= 0.3 is 0 Å². The molecule has 1 aromatic heterocycles. The predicted octanol–water partition coefficient (Wildman–Crippen LogP) is 1.52. The van der Waals surface area contributed by atoms with Gasteiger partial charge in [0, 0.05) is 6.04 Å². The van der Waals surface area contributed by atoms with E-state index in [1.54, 1.807) is 5.51 Å². The molecule has 0 radical (unpaired) electrons. The van der Waals surface area contributed by atoms with Crippen LogP contribution in [0.3, 0.4) is 0 Å². The van der Waals surface area contributed by atoms with Crippen molar-refractivity contribution in [2.45, 2.75) is 13.0 Å². The lowest BCUT2D eigenvalue weighted by molar-refractivity contribution is 0.973.